The summed E-state index contributed by atoms with van der Waals surface area (Å²) in [6, 6.07) is 12.5. The summed E-state index contributed by atoms with van der Waals surface area (Å²) >= 11 is 0. The molecule has 2 N–H and O–H groups in total. The van der Waals surface area contributed by atoms with Crippen LogP contribution in [0.4, 0.5) is 0 Å². The minimum Gasteiger partial charge on any atom is -0.486 e. The number of benzene rings is 1. The molecule has 0 heterocycles. The van der Waals surface area contributed by atoms with Gasteiger partial charge in [0.05, 0.1) is 0 Å². The quantitative estimate of drug-likeness (QED) is 0.410. The molecule has 2 heteroatoms. The first-order valence-electron chi connectivity index (χ1n) is 2.32. The molecule has 0 bridgehead atoms. The first kappa shape index (κ1) is 11.7. The van der Waals surface area contributed by atoms with E-state index < -0.39 is 0 Å². The molecule has 44 valence electrons. The molecule has 0 atom stereocenters. The topological polar surface area (TPSA) is 26.0 Å². The Kier molecular flexibility index (Phi) is 14.1. The molecule has 1 aromatic carbocycles. The Balaban J connectivity index is 0. The second-order valence-corrected chi connectivity index (χ2v) is 1.08. The van der Waals surface area contributed by atoms with Crippen molar-refractivity contribution in [2.75, 3.05) is 0 Å². The molecule has 0 aliphatic rings. The van der Waals surface area contributed by atoms with Crippen LogP contribution in [-0.4, -0.2) is 23.1 Å². The van der Waals surface area contributed by atoms with Gasteiger partial charge in [-0.3, -0.25) is 7.05 Å². The number of rotatable bonds is 0. The van der Waals surface area contributed by atoms with Crippen LogP contribution in [0.2, 0.25) is 0 Å². The van der Waals surface area contributed by atoms with Gasteiger partial charge in [0.1, 0.15) is 0 Å². The van der Waals surface area contributed by atoms with E-state index in [9.17, 15) is 0 Å². The van der Waals surface area contributed by atoms with Crippen molar-refractivity contribution in [3.8, 4) is 0 Å². The summed E-state index contributed by atoms with van der Waals surface area (Å²) in [5, 5.41) is 0. The van der Waals surface area contributed by atoms with Crippen LogP contribution in [0.15, 0.2) is 30.3 Å². The molecule has 0 aliphatic heterocycles. The zero-order chi connectivity index (χ0) is 6.24. The van der Waals surface area contributed by atoms with Gasteiger partial charge in [-0.2, -0.15) is 36.4 Å². The molecular weight excluding hydrogens is 122 g/mol. The van der Waals surface area contributed by atoms with E-state index in [1.165, 1.54) is 0 Å². The zero-order valence-electron chi connectivity index (χ0n) is 5.38. The van der Waals surface area contributed by atoms with Gasteiger partial charge in [-0.25, -0.2) is 0 Å². The third kappa shape index (κ3) is 7.95. The normalized spacial score (nSPS) is 6.00. The van der Waals surface area contributed by atoms with Gasteiger partial charge in [-0.15, -0.1) is 0 Å². The molecule has 0 saturated heterocycles. The molecule has 1 nitrogen and oxygen atoms in total. The Labute approximate surface area is 72.4 Å². The average molecular weight is 131 g/mol. The van der Waals surface area contributed by atoms with E-state index in [0.717, 1.165) is 0 Å². The smallest absolute Gasteiger partial charge is 0.486 e. The van der Waals surface area contributed by atoms with E-state index in [2.05, 4.69) is 18.8 Å². The van der Waals surface area contributed by atoms with E-state index in [-0.39, 0.29) is 23.1 Å². The molecule has 0 aliphatic carbocycles. The van der Waals surface area contributed by atoms with Crippen molar-refractivity contribution < 1.29 is 0 Å². The van der Waals surface area contributed by atoms with Crippen molar-refractivity contribution in [1.29, 1.82) is 0 Å². The average Bonchev–Trinajstić information content (AvgIpc) is 1.96. The van der Waals surface area contributed by atoms with Crippen molar-refractivity contribution in [1.82, 2.24) is 0 Å². The van der Waals surface area contributed by atoms with Gasteiger partial charge >= 0.3 is 23.1 Å². The molecule has 1 aromatic rings. The molecule has 0 spiro atoms. The van der Waals surface area contributed by atoms with E-state index in [4.69, 9.17) is 0 Å². The van der Waals surface area contributed by atoms with Crippen molar-refractivity contribution in [2.24, 2.45) is 5.73 Å². The van der Waals surface area contributed by atoms with Crippen LogP contribution in [0, 0.1) is 13.1 Å². The van der Waals surface area contributed by atoms with Gasteiger partial charge in [0, 0.05) is 0 Å². The fourth-order valence-corrected chi connectivity index (χ4v) is 0.342. The van der Waals surface area contributed by atoms with Gasteiger partial charge < -0.3 is 5.73 Å². The molecule has 0 fully saturated rings. The second kappa shape index (κ2) is 10.8. The van der Waals surface area contributed by atoms with Gasteiger partial charge in [0.2, 0.25) is 0 Å². The molecule has 0 saturated carbocycles. The Hall–Kier alpha value is -0.0538. The summed E-state index contributed by atoms with van der Waals surface area (Å²) in [5.41, 5.74) is 4.25. The van der Waals surface area contributed by atoms with E-state index in [0.29, 0.717) is 0 Å². The van der Waals surface area contributed by atoms with Gasteiger partial charge in [-0.1, -0.05) is 0 Å². The summed E-state index contributed by atoms with van der Waals surface area (Å²) in [6.45, 7) is 0. The maximum Gasteiger partial charge on any atom is 2.00 e. The summed E-state index contributed by atoms with van der Waals surface area (Å²) in [5.74, 6) is 0. The summed E-state index contributed by atoms with van der Waals surface area (Å²) in [7, 11) is 2.75. The number of hydrogen-bond donors (Lipinski definition) is 1. The van der Waals surface area contributed by atoms with E-state index >= 15 is 0 Å². The Bertz CT molecular complexity index is 80.8. The van der Waals surface area contributed by atoms with Crippen molar-refractivity contribution >= 4 is 23.1 Å². The van der Waals surface area contributed by atoms with Crippen molar-refractivity contribution in [3.05, 3.63) is 43.4 Å². The van der Waals surface area contributed by atoms with E-state index in [1.54, 1.807) is 0 Å². The first-order chi connectivity index (χ1) is 4.00. The maximum absolute atomic E-state index is 4.25. The predicted molar refractivity (Wildman–Crippen MR) is 40.6 cm³/mol. The Morgan fingerprint density at radius 3 is 1.56 bits per heavy atom. The Morgan fingerprint density at radius 2 is 1.44 bits per heavy atom. The van der Waals surface area contributed by atoms with Crippen LogP contribution in [0.5, 0.6) is 0 Å². The van der Waals surface area contributed by atoms with Crippen molar-refractivity contribution in [3.63, 3.8) is 0 Å². The molecule has 0 amide bonds. The van der Waals surface area contributed by atoms with Gasteiger partial charge in [0.25, 0.3) is 0 Å². The minimum atomic E-state index is 0. The van der Waals surface area contributed by atoms with Gasteiger partial charge in [0.15, 0.2) is 0 Å². The van der Waals surface area contributed by atoms with Crippen LogP contribution in [0.25, 0.3) is 0 Å². The fraction of sp³-hybridized carbons (Fsp3) is 0. The molecular formula is C7H9MgN. The first-order valence-corrected chi connectivity index (χ1v) is 2.32. The Morgan fingerprint density at radius 1 is 1.00 bits per heavy atom. The van der Waals surface area contributed by atoms with Crippen molar-refractivity contribution in [2.45, 2.75) is 0 Å². The summed E-state index contributed by atoms with van der Waals surface area (Å²) < 4.78 is 0. The van der Waals surface area contributed by atoms with Crippen LogP contribution >= 0.6 is 0 Å². The monoisotopic (exact) mass is 131 g/mol. The largest absolute Gasteiger partial charge is 2.00 e. The fourth-order valence-electron chi connectivity index (χ4n) is 0.342. The van der Waals surface area contributed by atoms with Crippen LogP contribution < -0.4 is 5.73 Å². The standard InChI is InChI=1S/C6H5.CH4N.Mg/c1-2-4-6-5-3-1;1-2;/h1-5H;1-2H2;/q2*-1;+2. The van der Waals surface area contributed by atoms with Crippen LogP contribution in [0.3, 0.4) is 0 Å². The third-order valence-corrected chi connectivity index (χ3v) is 0.607. The third-order valence-electron chi connectivity index (χ3n) is 0.607. The van der Waals surface area contributed by atoms with Gasteiger partial charge in [-0.05, 0) is 0 Å². The predicted octanol–water partition coefficient (Wildman–Crippen LogP) is 0.843. The number of nitrogens with two attached hydrogens (primary N) is 1. The number of hydrogen-bond acceptors (Lipinski definition) is 1. The SMILES string of the molecule is [CH2-]N.[Mg+2].[c-]1ccccc1. The summed E-state index contributed by atoms with van der Waals surface area (Å²) in [6.07, 6.45) is 0. The van der Waals surface area contributed by atoms with E-state index in [1.807, 2.05) is 30.3 Å². The molecule has 1 rings (SSSR count). The molecule has 0 radical (unpaired) electrons. The molecule has 9 heavy (non-hydrogen) atoms. The zero-order valence-corrected chi connectivity index (χ0v) is 6.79. The maximum atomic E-state index is 4.25. The summed E-state index contributed by atoms with van der Waals surface area (Å²) in [4.78, 5) is 0. The van der Waals surface area contributed by atoms with Crippen LogP contribution in [0.1, 0.15) is 0 Å². The van der Waals surface area contributed by atoms with Crippen LogP contribution in [-0.2, 0) is 0 Å². The molecule has 0 unspecified atom stereocenters. The molecule has 0 aromatic heterocycles. The minimum absolute atomic E-state index is 0. The second-order valence-electron chi connectivity index (χ2n) is 1.08.